The molecule has 2 aromatic rings. The molecule has 0 aliphatic heterocycles. The molecule has 0 amide bonds. The van der Waals surface area contributed by atoms with Crippen molar-refractivity contribution in [1.82, 2.24) is 0 Å². The fourth-order valence-electron chi connectivity index (χ4n) is 1.45. The van der Waals surface area contributed by atoms with Crippen molar-refractivity contribution in [2.24, 2.45) is 0 Å². The molecule has 0 heterocycles. The number of hydrogen-bond donors (Lipinski definition) is 0. The van der Waals surface area contributed by atoms with Crippen LogP contribution in [0.15, 0.2) is 30.3 Å². The van der Waals surface area contributed by atoms with E-state index in [0.29, 0.717) is 0 Å². The van der Waals surface area contributed by atoms with Crippen molar-refractivity contribution in [2.45, 2.75) is 0 Å². The summed E-state index contributed by atoms with van der Waals surface area (Å²) >= 11 is 0. The Balaban J connectivity index is 0.00000220. The van der Waals surface area contributed by atoms with Crippen LogP contribution < -0.4 is 62.9 Å². The van der Waals surface area contributed by atoms with Gasteiger partial charge in [-0.25, -0.2) is 9.18 Å². The zero-order chi connectivity index (χ0) is 14.7. The molecule has 21 heavy (non-hydrogen) atoms. The maximum absolute atomic E-state index is 13.3. The first kappa shape index (κ1) is 18.0. The van der Waals surface area contributed by atoms with E-state index in [9.17, 15) is 18.0 Å². The van der Waals surface area contributed by atoms with Gasteiger partial charge in [0.15, 0.2) is 0 Å². The number of nitrogens with zero attached hydrogens (tertiary/aromatic N) is 1. The molecule has 0 aliphatic rings. The van der Waals surface area contributed by atoms with Crippen LogP contribution >= 0.6 is 0 Å². The monoisotopic (exact) mass is 361 g/mol. The summed E-state index contributed by atoms with van der Waals surface area (Å²) in [6.45, 7) is 0. The normalized spacial score (nSPS) is 9.43. The van der Waals surface area contributed by atoms with Gasteiger partial charge < -0.3 is 4.74 Å². The minimum absolute atomic E-state index is 0. The number of esters is 1. The van der Waals surface area contributed by atoms with Gasteiger partial charge in [-0.15, -0.1) is 12.1 Å². The summed E-state index contributed by atoms with van der Waals surface area (Å²) in [5.74, 6) is -4.75. The van der Waals surface area contributed by atoms with E-state index in [4.69, 9.17) is 5.26 Å². The van der Waals surface area contributed by atoms with Crippen LogP contribution in [-0.4, -0.2) is 5.97 Å². The molecular formula is C14H5F3NO2Rb. The zero-order valence-corrected chi connectivity index (χ0v) is 15.7. The number of nitriles is 1. The Morgan fingerprint density at radius 3 is 2.29 bits per heavy atom. The van der Waals surface area contributed by atoms with Crippen LogP contribution in [0.25, 0.3) is 0 Å². The maximum Gasteiger partial charge on any atom is 1.00 e. The van der Waals surface area contributed by atoms with Crippen LogP contribution in [0, 0.1) is 34.8 Å². The molecule has 2 rings (SSSR count). The summed E-state index contributed by atoms with van der Waals surface area (Å²) in [6, 6.07) is 8.31. The fourth-order valence-corrected chi connectivity index (χ4v) is 1.45. The summed E-state index contributed by atoms with van der Waals surface area (Å²) in [6.07, 6.45) is 0. The van der Waals surface area contributed by atoms with Gasteiger partial charge in [-0.1, -0.05) is 0 Å². The average Bonchev–Trinajstić information content (AvgIpc) is 2.38. The number of carbonyl (C=O) groups is 1. The Morgan fingerprint density at radius 1 is 1.14 bits per heavy atom. The largest absolute Gasteiger partial charge is 1.00 e. The van der Waals surface area contributed by atoms with Crippen molar-refractivity contribution in [3.63, 3.8) is 0 Å². The Bertz CT molecular complexity index is 708. The van der Waals surface area contributed by atoms with Gasteiger partial charge in [0.25, 0.3) is 0 Å². The number of halogens is 3. The van der Waals surface area contributed by atoms with Gasteiger partial charge in [0.05, 0.1) is 5.56 Å². The van der Waals surface area contributed by atoms with E-state index in [1.165, 1.54) is 0 Å². The molecule has 0 unspecified atom stereocenters. The van der Waals surface area contributed by atoms with Crippen LogP contribution in [-0.2, 0) is 0 Å². The molecule has 0 saturated heterocycles. The third-order valence-corrected chi connectivity index (χ3v) is 2.37. The van der Waals surface area contributed by atoms with E-state index in [-0.39, 0.29) is 69.5 Å². The van der Waals surface area contributed by atoms with Crippen molar-refractivity contribution < 1.29 is 80.9 Å². The second-order valence-electron chi connectivity index (χ2n) is 3.67. The summed E-state index contributed by atoms with van der Waals surface area (Å²) in [5.41, 5.74) is -1.13. The van der Waals surface area contributed by atoms with Crippen LogP contribution in [0.4, 0.5) is 13.2 Å². The Labute approximate surface area is 167 Å². The first-order valence-corrected chi connectivity index (χ1v) is 5.30. The third-order valence-electron chi connectivity index (χ3n) is 2.37. The second-order valence-corrected chi connectivity index (χ2v) is 3.67. The summed E-state index contributed by atoms with van der Waals surface area (Å²) in [7, 11) is 0. The van der Waals surface area contributed by atoms with Crippen LogP contribution in [0.5, 0.6) is 5.75 Å². The van der Waals surface area contributed by atoms with Gasteiger partial charge in [-0.05, 0) is 12.1 Å². The topological polar surface area (TPSA) is 50.1 Å². The minimum Gasteiger partial charge on any atom is -0.424 e. The number of benzene rings is 2. The molecule has 2 aromatic carbocycles. The van der Waals surface area contributed by atoms with Gasteiger partial charge >= 0.3 is 64.2 Å². The second kappa shape index (κ2) is 7.85. The summed E-state index contributed by atoms with van der Waals surface area (Å²) in [4.78, 5) is 11.6. The molecule has 0 saturated carbocycles. The molecule has 0 radical (unpaired) electrons. The first-order valence-electron chi connectivity index (χ1n) is 5.30. The number of carbonyl (C=O) groups excluding carboxylic acids is 1. The summed E-state index contributed by atoms with van der Waals surface area (Å²) in [5, 5.41) is 8.54. The standard InChI is InChI=1S/C14H5F3NO2.Rb/c15-10-2-1-3-11(16)13(10)14(19)20-9-5-4-8(7-18)12(17)6-9;/h2-6H;/q-1;+1. The average molecular weight is 362 g/mol. The van der Waals surface area contributed by atoms with Gasteiger partial charge in [0.1, 0.15) is 17.6 Å². The number of ether oxygens (including phenoxy) is 1. The van der Waals surface area contributed by atoms with E-state index in [1.54, 1.807) is 6.07 Å². The van der Waals surface area contributed by atoms with Gasteiger partial charge in [-0.2, -0.15) is 11.3 Å². The molecule has 0 N–H and O–H groups in total. The molecule has 0 spiro atoms. The third kappa shape index (κ3) is 4.23. The van der Waals surface area contributed by atoms with Gasteiger partial charge in [-0.3, -0.25) is 8.78 Å². The molecule has 100 valence electrons. The molecular weight excluding hydrogens is 357 g/mol. The predicted molar refractivity (Wildman–Crippen MR) is 61.3 cm³/mol. The SMILES string of the molecule is N#Cc1ccc(OC(=O)c2c(F)c[c-]cc2F)cc1F.[Rb+]. The van der Waals surface area contributed by atoms with Gasteiger partial charge in [0, 0.05) is 23.3 Å². The Hall–Kier alpha value is -1.00. The maximum atomic E-state index is 13.3. The summed E-state index contributed by atoms with van der Waals surface area (Å²) < 4.78 is 44.6. The minimum atomic E-state index is -1.31. The van der Waals surface area contributed by atoms with E-state index in [0.717, 1.165) is 30.3 Å². The van der Waals surface area contributed by atoms with Crippen molar-refractivity contribution in [3.8, 4) is 11.8 Å². The van der Waals surface area contributed by atoms with Crippen LogP contribution in [0.3, 0.4) is 0 Å². The molecule has 0 atom stereocenters. The van der Waals surface area contributed by atoms with Crippen molar-refractivity contribution in [3.05, 3.63) is 65.0 Å². The zero-order valence-electron chi connectivity index (χ0n) is 10.8. The number of hydrogen-bond acceptors (Lipinski definition) is 3. The van der Waals surface area contributed by atoms with Gasteiger partial charge in [0.2, 0.25) is 0 Å². The molecule has 0 bridgehead atoms. The molecule has 0 fully saturated rings. The van der Waals surface area contributed by atoms with Crippen LogP contribution in [0.2, 0.25) is 0 Å². The predicted octanol–water partition coefficient (Wildman–Crippen LogP) is -0.00103. The molecule has 3 nitrogen and oxygen atoms in total. The molecule has 0 aliphatic carbocycles. The van der Waals surface area contributed by atoms with E-state index in [1.807, 2.05) is 0 Å². The first-order chi connectivity index (χ1) is 9.52. The Morgan fingerprint density at radius 2 is 1.76 bits per heavy atom. The van der Waals surface area contributed by atoms with Crippen molar-refractivity contribution in [1.29, 1.82) is 5.26 Å². The van der Waals surface area contributed by atoms with E-state index < -0.39 is 29.0 Å². The quantitative estimate of drug-likeness (QED) is 0.430. The molecule has 7 heteroatoms. The van der Waals surface area contributed by atoms with Crippen molar-refractivity contribution >= 4 is 5.97 Å². The van der Waals surface area contributed by atoms with Crippen molar-refractivity contribution in [2.75, 3.05) is 0 Å². The fraction of sp³-hybridized carbons (Fsp3) is 0. The Kier molecular flexibility index (Phi) is 6.74. The number of rotatable bonds is 2. The molecule has 0 aromatic heterocycles. The van der Waals surface area contributed by atoms with Crippen LogP contribution in [0.1, 0.15) is 15.9 Å². The van der Waals surface area contributed by atoms with E-state index in [2.05, 4.69) is 10.8 Å². The smallest absolute Gasteiger partial charge is 0.424 e. The van der Waals surface area contributed by atoms with E-state index >= 15 is 0 Å².